The predicted molar refractivity (Wildman–Crippen MR) is 142 cm³/mol. The van der Waals surface area contributed by atoms with Crippen LogP contribution in [0.5, 0.6) is 0 Å². The summed E-state index contributed by atoms with van der Waals surface area (Å²) in [5.41, 5.74) is 7.61. The normalized spacial score (nSPS) is 14.1. The zero-order chi connectivity index (χ0) is 24.9. The topological polar surface area (TPSA) is 64.7 Å². The van der Waals surface area contributed by atoms with Gasteiger partial charge in [-0.1, -0.05) is 48.5 Å². The zero-order valence-electron chi connectivity index (χ0n) is 21.0. The van der Waals surface area contributed by atoms with Gasteiger partial charge in [0.05, 0.1) is 6.04 Å². The van der Waals surface area contributed by atoms with Crippen LogP contribution >= 0.6 is 0 Å². The van der Waals surface area contributed by atoms with E-state index in [0.29, 0.717) is 12.2 Å². The molecule has 1 unspecified atom stereocenters. The number of hydrogen-bond donors (Lipinski definition) is 2. The van der Waals surface area contributed by atoms with Crippen molar-refractivity contribution in [3.05, 3.63) is 94.5 Å². The first kappa shape index (κ1) is 24.5. The number of amides is 2. The van der Waals surface area contributed by atoms with Gasteiger partial charge in [-0.15, -0.1) is 0 Å². The molecule has 35 heavy (non-hydrogen) atoms. The molecule has 0 saturated carbocycles. The molecule has 2 amide bonds. The van der Waals surface area contributed by atoms with E-state index < -0.39 is 11.8 Å². The van der Waals surface area contributed by atoms with Crippen molar-refractivity contribution in [2.75, 3.05) is 37.4 Å². The van der Waals surface area contributed by atoms with Crippen LogP contribution in [0.3, 0.4) is 0 Å². The van der Waals surface area contributed by atoms with Crippen molar-refractivity contribution in [2.24, 2.45) is 0 Å². The zero-order valence-corrected chi connectivity index (χ0v) is 21.0. The summed E-state index contributed by atoms with van der Waals surface area (Å²) in [4.78, 5) is 29.8. The third-order valence-corrected chi connectivity index (χ3v) is 6.91. The predicted octanol–water partition coefficient (Wildman–Crippen LogP) is 4.22. The molecule has 6 nitrogen and oxygen atoms in total. The van der Waals surface area contributed by atoms with Gasteiger partial charge < -0.3 is 15.5 Å². The van der Waals surface area contributed by atoms with Crippen LogP contribution in [0.4, 0.5) is 11.4 Å². The molecule has 0 fully saturated rings. The SMILES string of the molecule is Cc1cccc(NC(=O)C(=O)NCC(c2ccc(N(C)C)cc2)N2CCc3ccccc3C2)c1C. The first-order valence-electron chi connectivity index (χ1n) is 12.1. The van der Waals surface area contributed by atoms with Crippen molar-refractivity contribution in [2.45, 2.75) is 32.9 Å². The minimum atomic E-state index is -0.649. The van der Waals surface area contributed by atoms with Crippen LogP contribution in [0.1, 0.15) is 33.9 Å². The van der Waals surface area contributed by atoms with Crippen LogP contribution in [0.25, 0.3) is 0 Å². The Bertz CT molecular complexity index is 1200. The Morgan fingerprint density at radius 3 is 2.34 bits per heavy atom. The van der Waals surface area contributed by atoms with Crippen molar-refractivity contribution >= 4 is 23.2 Å². The first-order valence-corrected chi connectivity index (χ1v) is 12.1. The van der Waals surface area contributed by atoms with Crippen LogP contribution in [-0.2, 0) is 22.6 Å². The fraction of sp³-hybridized carbons (Fsp3) is 0.310. The Balaban J connectivity index is 1.49. The highest BCUT2D eigenvalue weighted by molar-refractivity contribution is 6.39. The molecule has 2 N–H and O–H groups in total. The number of aryl methyl sites for hydroxylation is 1. The second-order valence-corrected chi connectivity index (χ2v) is 9.40. The lowest BCUT2D eigenvalue weighted by Crippen LogP contribution is -2.43. The Morgan fingerprint density at radius 2 is 1.63 bits per heavy atom. The molecule has 0 saturated heterocycles. The Kier molecular flexibility index (Phi) is 7.51. The molecule has 3 aromatic carbocycles. The van der Waals surface area contributed by atoms with Gasteiger partial charge in [-0.25, -0.2) is 0 Å². The van der Waals surface area contributed by atoms with E-state index in [1.165, 1.54) is 11.1 Å². The second-order valence-electron chi connectivity index (χ2n) is 9.40. The number of hydrogen-bond acceptors (Lipinski definition) is 4. The molecular weight excluding hydrogens is 436 g/mol. The maximum atomic E-state index is 12.8. The third-order valence-electron chi connectivity index (χ3n) is 6.91. The van der Waals surface area contributed by atoms with Crippen LogP contribution < -0.4 is 15.5 Å². The summed E-state index contributed by atoms with van der Waals surface area (Å²) >= 11 is 0. The summed E-state index contributed by atoms with van der Waals surface area (Å²) in [6, 6.07) is 22.5. The van der Waals surface area contributed by atoms with Crippen molar-refractivity contribution in [1.82, 2.24) is 10.2 Å². The van der Waals surface area contributed by atoms with E-state index in [1.54, 1.807) is 0 Å². The van der Waals surface area contributed by atoms with Crippen LogP contribution in [0, 0.1) is 13.8 Å². The molecular formula is C29H34N4O2. The fourth-order valence-corrected chi connectivity index (χ4v) is 4.57. The summed E-state index contributed by atoms with van der Waals surface area (Å²) in [5.74, 6) is -1.28. The Hall–Kier alpha value is -3.64. The maximum Gasteiger partial charge on any atom is 0.313 e. The van der Waals surface area contributed by atoms with E-state index in [1.807, 2.05) is 46.1 Å². The minimum absolute atomic E-state index is 0.0444. The van der Waals surface area contributed by atoms with Crippen LogP contribution in [-0.4, -0.2) is 43.9 Å². The number of rotatable bonds is 6. The van der Waals surface area contributed by atoms with E-state index in [2.05, 4.69) is 69.0 Å². The van der Waals surface area contributed by atoms with Gasteiger partial charge in [-0.3, -0.25) is 14.5 Å². The van der Waals surface area contributed by atoms with E-state index in [4.69, 9.17) is 0 Å². The molecule has 1 aliphatic rings. The Labute approximate surface area is 207 Å². The number of benzene rings is 3. The molecule has 0 aliphatic carbocycles. The minimum Gasteiger partial charge on any atom is -0.378 e. The number of nitrogens with zero attached hydrogens (tertiary/aromatic N) is 2. The number of carbonyl (C=O) groups is 2. The lowest BCUT2D eigenvalue weighted by Gasteiger charge is -2.36. The van der Waals surface area contributed by atoms with Gasteiger partial charge in [0, 0.05) is 45.1 Å². The fourth-order valence-electron chi connectivity index (χ4n) is 4.57. The van der Waals surface area contributed by atoms with Gasteiger partial charge in [0.15, 0.2) is 0 Å². The van der Waals surface area contributed by atoms with Gasteiger partial charge in [0.25, 0.3) is 0 Å². The monoisotopic (exact) mass is 470 g/mol. The molecule has 6 heteroatoms. The molecule has 3 aromatic rings. The highest BCUT2D eigenvalue weighted by Gasteiger charge is 2.26. The lowest BCUT2D eigenvalue weighted by atomic mass is 9.96. The average molecular weight is 471 g/mol. The third kappa shape index (κ3) is 5.72. The van der Waals surface area contributed by atoms with Gasteiger partial charge in [-0.2, -0.15) is 0 Å². The molecule has 182 valence electrons. The molecule has 0 aromatic heterocycles. The molecule has 4 rings (SSSR count). The van der Waals surface area contributed by atoms with Crippen molar-refractivity contribution < 1.29 is 9.59 Å². The summed E-state index contributed by atoms with van der Waals surface area (Å²) in [7, 11) is 4.03. The molecule has 1 atom stereocenters. The van der Waals surface area contributed by atoms with Gasteiger partial charge >= 0.3 is 11.8 Å². The van der Waals surface area contributed by atoms with E-state index in [0.717, 1.165) is 41.9 Å². The first-order chi connectivity index (χ1) is 16.8. The summed E-state index contributed by atoms with van der Waals surface area (Å²) in [5, 5.41) is 5.65. The van der Waals surface area contributed by atoms with E-state index in [9.17, 15) is 9.59 Å². The van der Waals surface area contributed by atoms with Gasteiger partial charge in [0.1, 0.15) is 0 Å². The molecule has 0 radical (unpaired) electrons. The largest absolute Gasteiger partial charge is 0.378 e. The summed E-state index contributed by atoms with van der Waals surface area (Å²) < 4.78 is 0. The summed E-state index contributed by atoms with van der Waals surface area (Å²) in [6.07, 6.45) is 0.962. The van der Waals surface area contributed by atoms with Crippen LogP contribution in [0.2, 0.25) is 0 Å². The van der Waals surface area contributed by atoms with E-state index in [-0.39, 0.29) is 6.04 Å². The van der Waals surface area contributed by atoms with E-state index >= 15 is 0 Å². The smallest absolute Gasteiger partial charge is 0.313 e. The highest BCUT2D eigenvalue weighted by Crippen LogP contribution is 2.29. The standard InChI is InChI=1S/C29H34N4O2/c1-20-8-7-11-26(21(20)2)31-29(35)28(34)30-18-27(23-12-14-25(15-13-23)32(3)4)33-17-16-22-9-5-6-10-24(22)19-33/h5-15,27H,16-19H2,1-4H3,(H,30,34)(H,31,35). The number of fused-ring (bicyclic) bond motifs is 1. The number of nitrogens with one attached hydrogen (secondary N) is 2. The Morgan fingerprint density at radius 1 is 0.914 bits per heavy atom. The van der Waals surface area contributed by atoms with Gasteiger partial charge in [-0.05, 0) is 66.3 Å². The highest BCUT2D eigenvalue weighted by atomic mass is 16.2. The number of anilines is 2. The average Bonchev–Trinajstić information content (AvgIpc) is 2.87. The maximum absolute atomic E-state index is 12.8. The van der Waals surface area contributed by atoms with Crippen molar-refractivity contribution in [3.8, 4) is 0 Å². The van der Waals surface area contributed by atoms with Crippen LogP contribution in [0.15, 0.2) is 66.7 Å². The number of carbonyl (C=O) groups excluding carboxylic acids is 2. The molecule has 0 bridgehead atoms. The quantitative estimate of drug-likeness (QED) is 0.530. The lowest BCUT2D eigenvalue weighted by molar-refractivity contribution is -0.136. The van der Waals surface area contributed by atoms with Crippen molar-refractivity contribution in [1.29, 1.82) is 0 Å². The summed E-state index contributed by atoms with van der Waals surface area (Å²) in [6.45, 7) is 5.96. The second kappa shape index (κ2) is 10.7. The molecule has 1 aliphatic heterocycles. The molecule has 0 spiro atoms. The molecule has 1 heterocycles. The van der Waals surface area contributed by atoms with Crippen molar-refractivity contribution in [3.63, 3.8) is 0 Å². The van der Waals surface area contributed by atoms with Gasteiger partial charge in [0.2, 0.25) is 0 Å².